The Hall–Kier alpha value is -1.22. The number of rotatable bonds is 6. The summed E-state index contributed by atoms with van der Waals surface area (Å²) in [6.45, 7) is 1.63. The first kappa shape index (κ1) is 16.8. The van der Waals surface area contributed by atoms with Crippen LogP contribution in [0.15, 0.2) is 17.0 Å². The van der Waals surface area contributed by atoms with E-state index in [1.165, 1.54) is 0 Å². The highest BCUT2D eigenvalue weighted by atomic mass is 32.2. The van der Waals surface area contributed by atoms with Crippen LogP contribution >= 0.6 is 0 Å². The predicted molar refractivity (Wildman–Crippen MR) is 71.8 cm³/mol. The predicted octanol–water partition coefficient (Wildman–Crippen LogP) is 1.15. The minimum absolute atomic E-state index is 0.171. The fourth-order valence-electron chi connectivity index (χ4n) is 1.63. The van der Waals surface area contributed by atoms with Crippen LogP contribution in [0.4, 0.5) is 14.5 Å². The zero-order valence-electron chi connectivity index (χ0n) is 10.8. The van der Waals surface area contributed by atoms with Gasteiger partial charge in [0, 0.05) is 11.4 Å². The molecule has 0 heterocycles. The zero-order valence-corrected chi connectivity index (χ0v) is 12.4. The van der Waals surface area contributed by atoms with Gasteiger partial charge in [-0.3, -0.25) is 0 Å². The van der Waals surface area contributed by atoms with Gasteiger partial charge in [0.05, 0.1) is 11.5 Å². The van der Waals surface area contributed by atoms with E-state index in [-0.39, 0.29) is 11.4 Å². The number of hydrogen-bond acceptors (Lipinski definition) is 5. The van der Waals surface area contributed by atoms with Crippen LogP contribution < -0.4 is 5.73 Å². The third kappa shape index (κ3) is 4.14. The number of nitrogens with two attached hydrogens (primary N) is 1. The van der Waals surface area contributed by atoms with E-state index < -0.39 is 47.7 Å². The lowest BCUT2D eigenvalue weighted by molar-refractivity contribution is 0.520. The largest absolute Gasteiger partial charge is 0.399 e. The number of sulfone groups is 2. The van der Waals surface area contributed by atoms with E-state index in [4.69, 9.17) is 5.73 Å². The maximum absolute atomic E-state index is 13.5. The van der Waals surface area contributed by atoms with Gasteiger partial charge in [-0.25, -0.2) is 25.6 Å². The van der Waals surface area contributed by atoms with E-state index in [9.17, 15) is 25.6 Å². The van der Waals surface area contributed by atoms with Crippen LogP contribution in [0.5, 0.6) is 0 Å². The SMILES string of the molecule is CCCS(=O)(=O)CCS(=O)(=O)c1c(F)cc(N)cc1F. The second kappa shape index (κ2) is 6.04. The lowest BCUT2D eigenvalue weighted by atomic mass is 10.3. The highest BCUT2D eigenvalue weighted by molar-refractivity contribution is 7.95. The van der Waals surface area contributed by atoms with Gasteiger partial charge in [-0.15, -0.1) is 0 Å². The van der Waals surface area contributed by atoms with Crippen molar-refractivity contribution >= 4 is 25.4 Å². The smallest absolute Gasteiger partial charge is 0.185 e. The monoisotopic (exact) mass is 327 g/mol. The molecule has 114 valence electrons. The van der Waals surface area contributed by atoms with E-state index in [1.54, 1.807) is 6.92 Å². The van der Waals surface area contributed by atoms with Crippen LogP contribution in [0, 0.1) is 11.6 Å². The van der Waals surface area contributed by atoms with Crippen LogP contribution in [0.1, 0.15) is 13.3 Å². The Morgan fingerprint density at radius 2 is 1.50 bits per heavy atom. The van der Waals surface area contributed by atoms with Gasteiger partial charge in [0.1, 0.15) is 16.5 Å². The van der Waals surface area contributed by atoms with Crippen molar-refractivity contribution in [3.63, 3.8) is 0 Å². The quantitative estimate of drug-likeness (QED) is 0.791. The summed E-state index contributed by atoms with van der Waals surface area (Å²) in [7, 11) is -7.93. The molecule has 9 heteroatoms. The molecule has 1 aromatic carbocycles. The second-order valence-corrected chi connectivity index (χ2v) is 8.63. The van der Waals surface area contributed by atoms with Gasteiger partial charge in [-0.2, -0.15) is 0 Å². The molecule has 0 fully saturated rings. The molecular weight excluding hydrogens is 312 g/mol. The number of halogens is 2. The van der Waals surface area contributed by atoms with Crippen LogP contribution in [-0.2, 0) is 19.7 Å². The Morgan fingerprint density at radius 1 is 1.00 bits per heavy atom. The summed E-state index contributed by atoms with van der Waals surface area (Å²) in [4.78, 5) is -1.14. The molecule has 1 rings (SSSR count). The summed E-state index contributed by atoms with van der Waals surface area (Å²) in [6.07, 6.45) is 0.340. The normalized spacial score (nSPS) is 12.6. The average Bonchev–Trinajstić information content (AvgIpc) is 2.24. The molecule has 0 radical (unpaired) electrons. The van der Waals surface area contributed by atoms with Crippen molar-refractivity contribution < 1.29 is 25.6 Å². The molecule has 0 aliphatic heterocycles. The van der Waals surface area contributed by atoms with Crippen molar-refractivity contribution in [2.75, 3.05) is 23.0 Å². The van der Waals surface area contributed by atoms with Crippen LogP contribution in [-0.4, -0.2) is 34.1 Å². The van der Waals surface area contributed by atoms with Crippen molar-refractivity contribution in [2.24, 2.45) is 0 Å². The van der Waals surface area contributed by atoms with Crippen molar-refractivity contribution in [3.05, 3.63) is 23.8 Å². The zero-order chi connectivity index (χ0) is 15.6. The van der Waals surface area contributed by atoms with E-state index in [1.807, 2.05) is 0 Å². The first-order chi connectivity index (χ1) is 9.09. The molecule has 0 saturated carbocycles. The third-order valence-corrected chi connectivity index (χ3v) is 6.38. The molecule has 0 unspecified atom stereocenters. The summed E-state index contributed by atoms with van der Waals surface area (Å²) >= 11 is 0. The first-order valence-corrected chi connectivity index (χ1v) is 9.24. The molecule has 20 heavy (non-hydrogen) atoms. The van der Waals surface area contributed by atoms with Crippen LogP contribution in [0.2, 0.25) is 0 Å². The Kier molecular flexibility index (Phi) is 5.09. The van der Waals surface area contributed by atoms with Gasteiger partial charge in [0.2, 0.25) is 0 Å². The standard InChI is InChI=1S/C11H15F2NO4S2/c1-2-3-19(15,16)4-5-20(17,18)11-9(12)6-8(14)7-10(11)13/h6-7H,2-5,14H2,1H3. The second-order valence-electron chi connectivity index (χ2n) is 4.28. The molecule has 5 nitrogen and oxygen atoms in total. The lowest BCUT2D eigenvalue weighted by Crippen LogP contribution is -2.21. The van der Waals surface area contributed by atoms with Gasteiger partial charge >= 0.3 is 0 Å². The number of benzene rings is 1. The Bertz CT molecular complexity index is 676. The molecule has 0 atom stereocenters. The number of anilines is 1. The van der Waals surface area contributed by atoms with E-state index in [0.717, 1.165) is 0 Å². The fourth-order valence-corrected chi connectivity index (χ4v) is 5.26. The van der Waals surface area contributed by atoms with Gasteiger partial charge in [-0.1, -0.05) is 6.92 Å². The summed E-state index contributed by atoms with van der Waals surface area (Å²) in [6, 6.07) is 1.35. The molecule has 0 aliphatic rings. The van der Waals surface area contributed by atoms with E-state index in [0.29, 0.717) is 18.6 Å². The molecule has 0 bridgehead atoms. The molecule has 2 N–H and O–H groups in total. The third-order valence-electron chi connectivity index (χ3n) is 2.51. The average molecular weight is 327 g/mol. The van der Waals surface area contributed by atoms with Crippen molar-refractivity contribution in [2.45, 2.75) is 18.2 Å². The summed E-state index contributed by atoms with van der Waals surface area (Å²) in [5.74, 6) is -4.36. The maximum Gasteiger partial charge on any atom is 0.185 e. The number of hydrogen-bond donors (Lipinski definition) is 1. The molecule has 0 spiro atoms. The van der Waals surface area contributed by atoms with E-state index >= 15 is 0 Å². The molecule has 0 aromatic heterocycles. The Labute approximate surface area is 116 Å². The van der Waals surface area contributed by atoms with Crippen molar-refractivity contribution in [1.29, 1.82) is 0 Å². The Balaban J connectivity index is 3.08. The summed E-state index contributed by atoms with van der Waals surface area (Å²) in [5.41, 5.74) is 4.93. The fraction of sp³-hybridized carbons (Fsp3) is 0.455. The minimum atomic E-state index is -4.37. The maximum atomic E-state index is 13.5. The van der Waals surface area contributed by atoms with Gasteiger partial charge in [-0.05, 0) is 18.6 Å². The molecule has 0 amide bonds. The van der Waals surface area contributed by atoms with Crippen LogP contribution in [0.3, 0.4) is 0 Å². The summed E-state index contributed by atoms with van der Waals surface area (Å²) < 4.78 is 73.7. The molecule has 0 saturated heterocycles. The molecular formula is C11H15F2NO4S2. The first-order valence-electron chi connectivity index (χ1n) is 5.77. The van der Waals surface area contributed by atoms with Crippen molar-refractivity contribution in [1.82, 2.24) is 0 Å². The van der Waals surface area contributed by atoms with Gasteiger partial charge < -0.3 is 5.73 Å². The molecule has 0 aliphatic carbocycles. The van der Waals surface area contributed by atoms with Gasteiger partial charge in [0.15, 0.2) is 19.7 Å². The Morgan fingerprint density at radius 3 is 1.95 bits per heavy atom. The summed E-state index contributed by atoms with van der Waals surface area (Å²) in [5, 5.41) is 0. The van der Waals surface area contributed by atoms with Gasteiger partial charge in [0.25, 0.3) is 0 Å². The molecule has 1 aromatic rings. The van der Waals surface area contributed by atoms with Crippen LogP contribution in [0.25, 0.3) is 0 Å². The van der Waals surface area contributed by atoms with E-state index in [2.05, 4.69) is 0 Å². The highest BCUT2D eigenvalue weighted by Gasteiger charge is 2.26. The highest BCUT2D eigenvalue weighted by Crippen LogP contribution is 2.23. The minimum Gasteiger partial charge on any atom is -0.399 e. The van der Waals surface area contributed by atoms with Crippen molar-refractivity contribution in [3.8, 4) is 0 Å². The lowest BCUT2D eigenvalue weighted by Gasteiger charge is -2.08. The number of nitrogen functional groups attached to an aromatic ring is 1. The topological polar surface area (TPSA) is 94.3 Å².